The number of nitrogens with two attached hydrogens (primary N) is 1. The molecule has 0 aliphatic heterocycles. The molecule has 0 heterocycles. The first-order valence-electron chi connectivity index (χ1n) is 3.96. The molecule has 0 aliphatic carbocycles. The summed E-state index contributed by atoms with van der Waals surface area (Å²) in [5.41, 5.74) is 5.35. The van der Waals surface area contributed by atoms with Gasteiger partial charge in [0.1, 0.15) is 5.78 Å². The van der Waals surface area contributed by atoms with Crippen molar-refractivity contribution in [1.29, 1.82) is 0 Å². The number of nitrogens with zero attached hydrogens (tertiary/aromatic N) is 1. The molecule has 0 rings (SSSR count). The number of hydrogen-bond donors (Lipinski definition) is 1. The molecular formula is C8H18N2O. The normalized spacial score (nSPS) is 13.5. The number of likely N-dealkylation sites (N-methyl/N-ethyl adjacent to an activating group) is 1. The molecule has 2 N–H and O–H groups in total. The third-order valence-electron chi connectivity index (χ3n) is 1.77. The maximum atomic E-state index is 11.0. The van der Waals surface area contributed by atoms with Crippen molar-refractivity contribution in [1.82, 2.24) is 4.90 Å². The molecule has 0 radical (unpaired) electrons. The molecule has 0 saturated heterocycles. The van der Waals surface area contributed by atoms with Gasteiger partial charge < -0.3 is 5.73 Å². The minimum absolute atomic E-state index is 0.0542. The van der Waals surface area contributed by atoms with E-state index in [0.29, 0.717) is 6.54 Å². The molecule has 3 nitrogen and oxygen atoms in total. The number of carbonyl (C=O) groups is 1. The van der Waals surface area contributed by atoms with Gasteiger partial charge in [-0.05, 0) is 40.4 Å². The Morgan fingerprint density at radius 2 is 2.09 bits per heavy atom. The largest absolute Gasteiger partial charge is 0.330 e. The number of Topliss-reactive ketones (excluding diaryl/α,β-unsaturated/α-hetero) is 1. The van der Waals surface area contributed by atoms with Gasteiger partial charge in [0.15, 0.2) is 0 Å². The minimum atomic E-state index is 0.0542. The molecule has 0 amide bonds. The second kappa shape index (κ2) is 5.27. The van der Waals surface area contributed by atoms with E-state index in [-0.39, 0.29) is 11.8 Å². The average molecular weight is 158 g/mol. The molecule has 3 heteroatoms. The Bertz CT molecular complexity index is 123. The van der Waals surface area contributed by atoms with E-state index in [1.54, 1.807) is 6.92 Å². The first kappa shape index (κ1) is 10.6. The van der Waals surface area contributed by atoms with Gasteiger partial charge in [-0.25, -0.2) is 0 Å². The summed E-state index contributed by atoms with van der Waals surface area (Å²) in [5.74, 6) is 0.225. The van der Waals surface area contributed by atoms with E-state index in [1.165, 1.54) is 0 Å². The summed E-state index contributed by atoms with van der Waals surface area (Å²) in [6.45, 7) is 2.29. The lowest BCUT2D eigenvalue weighted by atomic mass is 10.1. The second-order valence-corrected chi connectivity index (χ2v) is 3.02. The van der Waals surface area contributed by atoms with Crippen LogP contribution >= 0.6 is 0 Å². The van der Waals surface area contributed by atoms with E-state index >= 15 is 0 Å². The molecule has 11 heavy (non-hydrogen) atoms. The Morgan fingerprint density at radius 3 is 2.36 bits per heavy atom. The van der Waals surface area contributed by atoms with Gasteiger partial charge in [-0.3, -0.25) is 9.69 Å². The van der Waals surface area contributed by atoms with E-state index in [2.05, 4.69) is 0 Å². The first-order chi connectivity index (χ1) is 5.09. The second-order valence-electron chi connectivity index (χ2n) is 3.02. The highest BCUT2D eigenvalue weighted by atomic mass is 16.1. The molecule has 1 atom stereocenters. The quantitative estimate of drug-likeness (QED) is 0.623. The zero-order valence-corrected chi connectivity index (χ0v) is 7.63. The van der Waals surface area contributed by atoms with Crippen molar-refractivity contribution >= 4 is 5.78 Å². The highest BCUT2D eigenvalue weighted by molar-refractivity contribution is 5.81. The highest BCUT2D eigenvalue weighted by Crippen LogP contribution is 2.03. The molecule has 0 aromatic carbocycles. The van der Waals surface area contributed by atoms with Gasteiger partial charge in [-0.1, -0.05) is 0 Å². The predicted molar refractivity (Wildman–Crippen MR) is 46.4 cm³/mol. The molecular weight excluding hydrogens is 140 g/mol. The summed E-state index contributed by atoms with van der Waals surface area (Å²) in [7, 11) is 3.84. The zero-order chi connectivity index (χ0) is 8.85. The SMILES string of the molecule is CC(=O)[C@H](CCCN)N(C)C. The summed E-state index contributed by atoms with van der Waals surface area (Å²) in [5, 5.41) is 0. The Morgan fingerprint density at radius 1 is 1.55 bits per heavy atom. The van der Waals surface area contributed by atoms with Gasteiger partial charge in [0.05, 0.1) is 6.04 Å². The molecule has 0 aromatic rings. The first-order valence-corrected chi connectivity index (χ1v) is 3.96. The fourth-order valence-electron chi connectivity index (χ4n) is 1.14. The lowest BCUT2D eigenvalue weighted by Gasteiger charge is -2.20. The third kappa shape index (κ3) is 4.11. The Balaban J connectivity index is 3.80. The molecule has 0 aromatic heterocycles. The van der Waals surface area contributed by atoms with Crippen LogP contribution in [0.2, 0.25) is 0 Å². The summed E-state index contributed by atoms with van der Waals surface area (Å²) in [6.07, 6.45) is 1.79. The van der Waals surface area contributed by atoms with Crippen LogP contribution in [0.1, 0.15) is 19.8 Å². The number of rotatable bonds is 5. The Kier molecular flexibility index (Phi) is 5.07. The molecule has 66 valence electrons. The van der Waals surface area contributed by atoms with E-state index in [4.69, 9.17) is 5.73 Å². The standard InChI is InChI=1S/C8H18N2O/c1-7(11)8(10(2)3)5-4-6-9/h8H,4-6,9H2,1-3H3/t8-/m0/s1. The van der Waals surface area contributed by atoms with Crippen LogP contribution in [-0.2, 0) is 4.79 Å². The van der Waals surface area contributed by atoms with Crippen molar-refractivity contribution in [3.8, 4) is 0 Å². The Labute approximate surface area is 68.6 Å². The molecule has 0 unspecified atom stereocenters. The molecule has 0 saturated carbocycles. The van der Waals surface area contributed by atoms with E-state index in [9.17, 15) is 4.79 Å². The van der Waals surface area contributed by atoms with Gasteiger partial charge >= 0.3 is 0 Å². The maximum Gasteiger partial charge on any atom is 0.146 e. The third-order valence-corrected chi connectivity index (χ3v) is 1.77. The van der Waals surface area contributed by atoms with Crippen molar-refractivity contribution in [2.24, 2.45) is 5.73 Å². The number of carbonyl (C=O) groups excluding carboxylic acids is 1. The molecule has 0 aliphatic rings. The van der Waals surface area contributed by atoms with E-state index in [1.807, 2.05) is 19.0 Å². The zero-order valence-electron chi connectivity index (χ0n) is 7.63. The average Bonchev–Trinajstić information content (AvgIpc) is 1.87. The van der Waals surface area contributed by atoms with Crippen molar-refractivity contribution < 1.29 is 4.79 Å². The molecule has 0 fully saturated rings. The van der Waals surface area contributed by atoms with Crippen molar-refractivity contribution in [3.63, 3.8) is 0 Å². The maximum absolute atomic E-state index is 11.0. The highest BCUT2D eigenvalue weighted by Gasteiger charge is 2.14. The summed E-state index contributed by atoms with van der Waals surface area (Å²) in [4.78, 5) is 13.0. The van der Waals surface area contributed by atoms with Crippen LogP contribution in [0, 0.1) is 0 Å². The van der Waals surface area contributed by atoms with Crippen molar-refractivity contribution in [2.45, 2.75) is 25.8 Å². The monoisotopic (exact) mass is 158 g/mol. The van der Waals surface area contributed by atoms with Gasteiger partial charge in [0.2, 0.25) is 0 Å². The van der Waals surface area contributed by atoms with Crippen molar-refractivity contribution in [2.75, 3.05) is 20.6 Å². The smallest absolute Gasteiger partial charge is 0.146 e. The van der Waals surface area contributed by atoms with Gasteiger partial charge in [0.25, 0.3) is 0 Å². The van der Waals surface area contributed by atoms with Crippen LogP contribution in [0.4, 0.5) is 0 Å². The fourth-order valence-corrected chi connectivity index (χ4v) is 1.14. The van der Waals surface area contributed by atoms with E-state index in [0.717, 1.165) is 12.8 Å². The summed E-state index contributed by atoms with van der Waals surface area (Å²) < 4.78 is 0. The van der Waals surface area contributed by atoms with Crippen LogP contribution in [-0.4, -0.2) is 37.4 Å². The van der Waals surface area contributed by atoms with Crippen LogP contribution in [0.3, 0.4) is 0 Å². The topological polar surface area (TPSA) is 46.3 Å². The summed E-state index contributed by atoms with van der Waals surface area (Å²) in [6, 6.07) is 0.0542. The Hall–Kier alpha value is -0.410. The molecule has 0 spiro atoms. The van der Waals surface area contributed by atoms with Crippen LogP contribution in [0.5, 0.6) is 0 Å². The van der Waals surface area contributed by atoms with Gasteiger partial charge in [-0.15, -0.1) is 0 Å². The number of ketones is 1. The summed E-state index contributed by atoms with van der Waals surface area (Å²) >= 11 is 0. The predicted octanol–water partition coefficient (Wildman–Crippen LogP) is 0.244. The van der Waals surface area contributed by atoms with Gasteiger partial charge in [0, 0.05) is 0 Å². The minimum Gasteiger partial charge on any atom is -0.330 e. The molecule has 0 bridgehead atoms. The van der Waals surface area contributed by atoms with Gasteiger partial charge in [-0.2, -0.15) is 0 Å². The van der Waals surface area contributed by atoms with Crippen LogP contribution in [0.15, 0.2) is 0 Å². The number of hydrogen-bond acceptors (Lipinski definition) is 3. The van der Waals surface area contributed by atoms with Crippen molar-refractivity contribution in [3.05, 3.63) is 0 Å². The lowest BCUT2D eigenvalue weighted by molar-refractivity contribution is -0.121. The fraction of sp³-hybridized carbons (Fsp3) is 0.875. The van der Waals surface area contributed by atoms with Crippen LogP contribution in [0.25, 0.3) is 0 Å². The van der Waals surface area contributed by atoms with Crippen LogP contribution < -0.4 is 5.73 Å². The lowest BCUT2D eigenvalue weighted by Crippen LogP contribution is -2.34. The van der Waals surface area contributed by atoms with E-state index < -0.39 is 0 Å².